The Morgan fingerprint density at radius 3 is 0.971 bits per heavy atom. The lowest BCUT2D eigenvalue weighted by Crippen LogP contribution is -2.14. The van der Waals surface area contributed by atoms with E-state index >= 15 is 9.59 Å². The number of hydrogen-bond donors (Lipinski definition) is 0. The smallest absolute Gasteiger partial charge is 0.267 e. The van der Waals surface area contributed by atoms with E-state index in [1.54, 1.807) is 22.7 Å². The first-order chi connectivity index (χ1) is 34.0. The Hall–Kier alpha value is -3.14. The van der Waals surface area contributed by atoms with Crippen molar-refractivity contribution in [3.05, 3.63) is 53.7 Å². The molecule has 0 radical (unpaired) electrons. The van der Waals surface area contributed by atoms with Crippen molar-refractivity contribution in [1.82, 2.24) is 18.8 Å². The molecule has 0 amide bonds. The summed E-state index contributed by atoms with van der Waals surface area (Å²) in [5.74, 6) is 0. The molecule has 8 aromatic rings. The van der Waals surface area contributed by atoms with Crippen LogP contribution in [0, 0.1) is 0 Å². The number of benzene rings is 1. The van der Waals surface area contributed by atoms with Gasteiger partial charge in [0.05, 0.1) is 11.0 Å². The number of hydrogen-bond acceptors (Lipinski definition) is 7. The summed E-state index contributed by atoms with van der Waals surface area (Å²) in [6.45, 7) is 9.16. The fourth-order valence-electron chi connectivity index (χ4n) is 11.6. The summed E-state index contributed by atoms with van der Waals surface area (Å²) in [5.41, 5.74) is 6.20. The van der Waals surface area contributed by atoms with Crippen molar-refractivity contribution in [2.24, 2.45) is 0 Å². The van der Waals surface area contributed by atoms with Crippen LogP contribution in [0.25, 0.3) is 62.9 Å². The fraction of sp³-hybridized carbons (Fsp3) is 0.667. The lowest BCUT2D eigenvalue weighted by molar-refractivity contribution is 0.557. The van der Waals surface area contributed by atoms with Gasteiger partial charge in [-0.15, -0.1) is 34.0 Å². The van der Waals surface area contributed by atoms with Gasteiger partial charge in [0.1, 0.15) is 30.4 Å². The van der Waals surface area contributed by atoms with E-state index < -0.39 is 0 Å². The predicted octanol–water partition coefficient (Wildman–Crippen LogP) is 19.3. The van der Waals surface area contributed by atoms with Gasteiger partial charge in [0, 0.05) is 31.3 Å². The Morgan fingerprint density at radius 1 is 0.362 bits per heavy atom. The Kier molecular flexibility index (Phi) is 20.1. The highest BCUT2D eigenvalue weighted by atomic mass is 32.1. The summed E-state index contributed by atoms with van der Waals surface area (Å²) in [6.07, 6.45) is 45.3. The predicted molar refractivity (Wildman–Crippen MR) is 305 cm³/mol. The molecule has 0 aliphatic heterocycles. The third-order valence-electron chi connectivity index (χ3n) is 15.5. The molecule has 7 aromatic heterocycles. The van der Waals surface area contributed by atoms with Gasteiger partial charge in [0.15, 0.2) is 0 Å². The Balaban J connectivity index is 1.16. The van der Waals surface area contributed by atoms with Gasteiger partial charge in [-0.1, -0.05) is 207 Å². The summed E-state index contributed by atoms with van der Waals surface area (Å²) in [6, 6.07) is 4.55. The summed E-state index contributed by atoms with van der Waals surface area (Å²) >= 11 is 5.02. The van der Waals surface area contributed by atoms with Crippen LogP contribution in [0.15, 0.2) is 21.7 Å². The molecule has 0 saturated heterocycles. The Bertz CT molecular complexity index is 2730. The number of aromatic nitrogens is 4. The summed E-state index contributed by atoms with van der Waals surface area (Å²) in [4.78, 5) is 45.7. The van der Waals surface area contributed by atoms with Crippen molar-refractivity contribution in [1.29, 1.82) is 0 Å². The molecule has 0 saturated carbocycles. The first kappa shape index (κ1) is 52.2. The summed E-state index contributed by atoms with van der Waals surface area (Å²) in [7, 11) is 0. The van der Waals surface area contributed by atoms with Crippen molar-refractivity contribution < 1.29 is 0 Å². The molecule has 0 N–H and O–H groups in total. The molecule has 0 aliphatic rings. The van der Waals surface area contributed by atoms with Gasteiger partial charge >= 0.3 is 0 Å². The monoisotopic (exact) mass is 991 g/mol. The number of pyridine rings is 2. The zero-order valence-corrected chi connectivity index (χ0v) is 45.9. The van der Waals surface area contributed by atoms with Crippen molar-refractivity contribution in [3.8, 4) is 0 Å². The van der Waals surface area contributed by atoms with Crippen LogP contribution in [-0.4, -0.2) is 18.8 Å². The molecule has 0 spiro atoms. The number of fused-ring (bicyclic) bond motifs is 8. The van der Waals surface area contributed by atoms with Gasteiger partial charge in [0.25, 0.3) is 11.1 Å². The van der Waals surface area contributed by atoms with E-state index in [0.717, 1.165) is 92.1 Å². The molecule has 69 heavy (non-hydrogen) atoms. The third-order valence-corrected chi connectivity index (χ3v) is 18.9. The number of rotatable bonds is 36. The van der Waals surface area contributed by atoms with Crippen LogP contribution in [0.3, 0.4) is 0 Å². The molecule has 376 valence electrons. The normalized spacial score (nSPS) is 12.5. The van der Waals surface area contributed by atoms with Gasteiger partial charge in [-0.25, -0.2) is 9.97 Å². The second kappa shape index (κ2) is 26.5. The standard InChI is InChI=1S/C60H86N4O2S3/c1-5-9-13-17-21-23-25-27-29-33-37-43-41-47-57(67-43)61-55-49-45(39-35-31-19-15-11-7-3)46(40-36-32-20-16-12-8-4)50-52-51(49)53(59(65)63(47)55)69-54(52)60(66)64-48-42-44(68-58(48)62-56(50)64)38-34-30-28-26-24-22-18-14-10-6-2/h41-42H,5-40H2,1-4H3. The van der Waals surface area contributed by atoms with Crippen LogP contribution in [0.2, 0.25) is 0 Å². The minimum absolute atomic E-state index is 0.0172. The third kappa shape index (κ3) is 12.2. The molecule has 6 nitrogen and oxygen atoms in total. The Morgan fingerprint density at radius 2 is 0.652 bits per heavy atom. The quantitative estimate of drug-likeness (QED) is 0.0290. The van der Waals surface area contributed by atoms with Crippen LogP contribution in [0.5, 0.6) is 0 Å². The topological polar surface area (TPSA) is 68.7 Å². The molecular weight excluding hydrogens is 905 g/mol. The van der Waals surface area contributed by atoms with Gasteiger partial charge in [-0.2, -0.15) is 0 Å². The van der Waals surface area contributed by atoms with E-state index in [2.05, 4.69) is 39.8 Å². The van der Waals surface area contributed by atoms with Crippen LogP contribution >= 0.6 is 34.0 Å². The van der Waals surface area contributed by atoms with Gasteiger partial charge in [0.2, 0.25) is 0 Å². The lowest BCUT2D eigenvalue weighted by Gasteiger charge is -2.18. The maximum Gasteiger partial charge on any atom is 0.274 e. The molecule has 0 aliphatic carbocycles. The minimum Gasteiger partial charge on any atom is -0.267 e. The van der Waals surface area contributed by atoms with Gasteiger partial charge in [-0.3, -0.25) is 18.4 Å². The molecule has 1 aromatic carbocycles. The fourth-order valence-corrected chi connectivity index (χ4v) is 14.9. The molecule has 0 bridgehead atoms. The number of imidazole rings is 2. The van der Waals surface area contributed by atoms with Crippen LogP contribution in [-0.2, 0) is 25.7 Å². The van der Waals surface area contributed by atoms with E-state index in [-0.39, 0.29) is 11.1 Å². The highest BCUT2D eigenvalue weighted by molar-refractivity contribution is 7.26. The summed E-state index contributed by atoms with van der Waals surface area (Å²) < 4.78 is 5.34. The number of unbranched alkanes of at least 4 members (excludes halogenated alkanes) is 28. The minimum atomic E-state index is -0.0172. The number of nitrogens with zero attached hydrogens (tertiary/aromatic N) is 4. The van der Waals surface area contributed by atoms with Crippen molar-refractivity contribution in [2.75, 3.05) is 0 Å². The zero-order chi connectivity index (χ0) is 48.0. The molecule has 8 rings (SSSR count). The first-order valence-corrected chi connectivity index (χ1v) is 31.2. The van der Waals surface area contributed by atoms with E-state index in [1.807, 2.05) is 8.80 Å². The van der Waals surface area contributed by atoms with Crippen molar-refractivity contribution in [3.63, 3.8) is 0 Å². The molecule has 0 atom stereocenters. The second-order valence-corrected chi connectivity index (χ2v) is 24.3. The van der Waals surface area contributed by atoms with Crippen LogP contribution in [0.1, 0.15) is 254 Å². The second-order valence-electron chi connectivity index (χ2n) is 21.1. The maximum atomic E-state index is 15.1. The zero-order valence-electron chi connectivity index (χ0n) is 43.4. The Labute approximate surface area is 425 Å². The maximum absolute atomic E-state index is 15.1. The highest BCUT2D eigenvalue weighted by Crippen LogP contribution is 2.47. The van der Waals surface area contributed by atoms with Crippen LogP contribution in [0.4, 0.5) is 0 Å². The SMILES string of the molecule is CCCCCCCCCCCCc1cc2c(nc3c4c(CCCCCCCC)c(CCCCCCCC)c5c6c(sc(c(=O)n23)c46)c(=O)n2c3cc(CCCCCCCCCCCC)sc3nc52)s1. The number of aryl methyl sites for hydroxylation is 4. The molecule has 0 unspecified atom stereocenters. The average molecular weight is 992 g/mol. The van der Waals surface area contributed by atoms with Crippen molar-refractivity contribution >= 4 is 96.9 Å². The molecule has 7 heterocycles. The van der Waals surface area contributed by atoms with E-state index in [1.165, 1.54) is 225 Å². The first-order valence-electron chi connectivity index (χ1n) is 28.8. The van der Waals surface area contributed by atoms with Gasteiger partial charge in [-0.05, 0) is 74.6 Å². The number of thiophene rings is 3. The summed E-state index contributed by atoms with van der Waals surface area (Å²) in [5, 5.41) is 4.22. The highest BCUT2D eigenvalue weighted by Gasteiger charge is 2.30. The molecular formula is C60H86N4O2S3. The van der Waals surface area contributed by atoms with Crippen molar-refractivity contribution in [2.45, 2.75) is 259 Å². The van der Waals surface area contributed by atoms with E-state index in [4.69, 9.17) is 9.97 Å². The van der Waals surface area contributed by atoms with E-state index in [0.29, 0.717) is 9.40 Å². The van der Waals surface area contributed by atoms with Gasteiger partial charge < -0.3 is 0 Å². The molecule has 9 heteroatoms. The molecule has 0 fully saturated rings. The van der Waals surface area contributed by atoms with E-state index in [9.17, 15) is 0 Å². The average Bonchev–Trinajstić information content (AvgIpc) is 4.18. The lowest BCUT2D eigenvalue weighted by atomic mass is 9.87. The largest absolute Gasteiger partial charge is 0.274 e. The van der Waals surface area contributed by atoms with Crippen LogP contribution < -0.4 is 11.1 Å².